The molecule has 3 nitrogen and oxygen atoms in total. The molecule has 4 heteroatoms. The van der Waals surface area contributed by atoms with Gasteiger partial charge in [0.1, 0.15) is 5.82 Å². The Morgan fingerprint density at radius 3 is 2.83 bits per heavy atom. The van der Waals surface area contributed by atoms with Gasteiger partial charge >= 0.3 is 0 Å². The van der Waals surface area contributed by atoms with Crippen LogP contribution in [-0.2, 0) is 4.79 Å². The summed E-state index contributed by atoms with van der Waals surface area (Å²) in [7, 11) is 0. The number of carbonyl (C=O) groups excluding carboxylic acids is 1. The molecule has 1 rings (SSSR count). The normalized spacial score (nSPS) is 13.1. The first-order valence-corrected chi connectivity index (χ1v) is 5.65. The van der Waals surface area contributed by atoms with Crippen LogP contribution in [0.2, 0.25) is 0 Å². The predicted molar refractivity (Wildman–Crippen MR) is 68.3 cm³/mol. The minimum atomic E-state index is -1.05. The quantitative estimate of drug-likeness (QED) is 0.620. The molecule has 0 bridgehead atoms. The highest BCUT2D eigenvalue weighted by Crippen LogP contribution is 2.15. The standard InChI is InChI=1S/C14H16FNO2/c1-2-3-4-9-14(18)16-10-13(17)11-7-5-6-8-12(11)15/h2-9,13,17H,10H2,1H3,(H,16,18). The van der Waals surface area contributed by atoms with Crippen LogP contribution in [0, 0.1) is 5.82 Å². The van der Waals surface area contributed by atoms with Gasteiger partial charge in [-0.1, -0.05) is 36.4 Å². The van der Waals surface area contributed by atoms with E-state index >= 15 is 0 Å². The Morgan fingerprint density at radius 1 is 1.44 bits per heavy atom. The first-order valence-electron chi connectivity index (χ1n) is 5.65. The Bertz CT molecular complexity index is 455. The third-order valence-electron chi connectivity index (χ3n) is 2.29. The average molecular weight is 249 g/mol. The molecular weight excluding hydrogens is 233 g/mol. The summed E-state index contributed by atoms with van der Waals surface area (Å²) >= 11 is 0. The average Bonchev–Trinajstić information content (AvgIpc) is 2.37. The number of hydrogen-bond acceptors (Lipinski definition) is 2. The van der Waals surface area contributed by atoms with Crippen LogP contribution in [0.1, 0.15) is 18.6 Å². The Hall–Kier alpha value is -1.94. The Kier molecular flexibility index (Phi) is 5.80. The summed E-state index contributed by atoms with van der Waals surface area (Å²) in [6.45, 7) is 1.81. The third kappa shape index (κ3) is 4.51. The number of nitrogens with one attached hydrogen (secondary N) is 1. The Morgan fingerprint density at radius 2 is 2.17 bits per heavy atom. The zero-order valence-corrected chi connectivity index (χ0v) is 10.1. The molecule has 1 unspecified atom stereocenters. The molecule has 1 aromatic rings. The monoisotopic (exact) mass is 249 g/mol. The van der Waals surface area contributed by atoms with Gasteiger partial charge in [-0.05, 0) is 13.0 Å². The molecule has 0 spiro atoms. The lowest BCUT2D eigenvalue weighted by atomic mass is 10.1. The first-order chi connectivity index (χ1) is 8.65. The van der Waals surface area contributed by atoms with E-state index in [1.54, 1.807) is 30.4 Å². The number of amides is 1. The SMILES string of the molecule is CC=CC=CC(=O)NCC(O)c1ccccc1F. The Labute approximate surface area is 106 Å². The number of allylic oxidation sites excluding steroid dienone is 3. The van der Waals surface area contributed by atoms with Gasteiger partial charge in [0.15, 0.2) is 0 Å². The molecular formula is C14H16FNO2. The summed E-state index contributed by atoms with van der Waals surface area (Å²) in [5.41, 5.74) is 0.176. The molecule has 0 aliphatic heterocycles. The van der Waals surface area contributed by atoms with Crippen LogP contribution in [0.25, 0.3) is 0 Å². The second-order valence-corrected chi connectivity index (χ2v) is 3.67. The highest BCUT2D eigenvalue weighted by Gasteiger charge is 2.12. The number of rotatable bonds is 5. The molecule has 2 N–H and O–H groups in total. The van der Waals surface area contributed by atoms with Crippen molar-refractivity contribution >= 4 is 5.91 Å². The number of benzene rings is 1. The summed E-state index contributed by atoms with van der Waals surface area (Å²) in [6.07, 6.45) is 5.38. The van der Waals surface area contributed by atoms with Gasteiger partial charge in [-0.25, -0.2) is 4.39 Å². The maximum Gasteiger partial charge on any atom is 0.244 e. The fourth-order valence-electron chi connectivity index (χ4n) is 1.37. The third-order valence-corrected chi connectivity index (χ3v) is 2.29. The van der Waals surface area contributed by atoms with Gasteiger partial charge in [-0.2, -0.15) is 0 Å². The molecule has 0 saturated heterocycles. The number of aliphatic hydroxyl groups is 1. The maximum absolute atomic E-state index is 13.3. The maximum atomic E-state index is 13.3. The molecule has 0 saturated carbocycles. The van der Waals surface area contributed by atoms with Gasteiger partial charge in [0, 0.05) is 18.2 Å². The summed E-state index contributed by atoms with van der Waals surface area (Å²) < 4.78 is 13.3. The van der Waals surface area contributed by atoms with Gasteiger partial charge in [0.25, 0.3) is 0 Å². The molecule has 0 aromatic heterocycles. The van der Waals surface area contributed by atoms with Crippen molar-refractivity contribution in [1.82, 2.24) is 5.32 Å². The molecule has 1 amide bonds. The van der Waals surface area contributed by atoms with Crippen molar-refractivity contribution in [3.63, 3.8) is 0 Å². The van der Waals surface area contributed by atoms with Crippen molar-refractivity contribution in [1.29, 1.82) is 0 Å². The lowest BCUT2D eigenvalue weighted by molar-refractivity contribution is -0.117. The molecule has 0 radical (unpaired) electrons. The van der Waals surface area contributed by atoms with Gasteiger partial charge in [-0.3, -0.25) is 4.79 Å². The predicted octanol–water partition coefficient (Wildman–Crippen LogP) is 2.11. The van der Waals surface area contributed by atoms with E-state index in [1.165, 1.54) is 18.2 Å². The smallest absolute Gasteiger partial charge is 0.244 e. The Balaban J connectivity index is 2.49. The molecule has 18 heavy (non-hydrogen) atoms. The fourth-order valence-corrected chi connectivity index (χ4v) is 1.37. The van der Waals surface area contributed by atoms with Gasteiger partial charge in [0.2, 0.25) is 5.91 Å². The van der Waals surface area contributed by atoms with E-state index in [1.807, 2.05) is 6.92 Å². The minimum Gasteiger partial charge on any atom is -0.386 e. The second kappa shape index (κ2) is 7.40. The highest BCUT2D eigenvalue weighted by atomic mass is 19.1. The largest absolute Gasteiger partial charge is 0.386 e. The molecule has 1 aromatic carbocycles. The van der Waals surface area contributed by atoms with Crippen LogP contribution in [0.3, 0.4) is 0 Å². The van der Waals surface area contributed by atoms with Crippen LogP contribution < -0.4 is 5.32 Å². The van der Waals surface area contributed by atoms with Crippen molar-refractivity contribution in [2.45, 2.75) is 13.0 Å². The minimum absolute atomic E-state index is 0.0278. The number of hydrogen-bond donors (Lipinski definition) is 2. The van der Waals surface area contributed by atoms with Crippen LogP contribution in [0.4, 0.5) is 4.39 Å². The van der Waals surface area contributed by atoms with Gasteiger partial charge in [0.05, 0.1) is 6.10 Å². The van der Waals surface area contributed by atoms with Crippen LogP contribution in [0.15, 0.2) is 48.6 Å². The van der Waals surface area contributed by atoms with E-state index in [0.29, 0.717) is 0 Å². The zero-order chi connectivity index (χ0) is 13.4. The van der Waals surface area contributed by atoms with Gasteiger partial charge in [-0.15, -0.1) is 0 Å². The van der Waals surface area contributed by atoms with Crippen molar-refractivity contribution in [3.8, 4) is 0 Å². The highest BCUT2D eigenvalue weighted by molar-refractivity contribution is 5.87. The molecule has 0 fully saturated rings. The molecule has 0 aliphatic carbocycles. The summed E-state index contributed by atoms with van der Waals surface area (Å²) in [5.74, 6) is -0.813. The van der Waals surface area contributed by atoms with E-state index in [9.17, 15) is 14.3 Å². The van der Waals surface area contributed by atoms with Crippen LogP contribution in [0.5, 0.6) is 0 Å². The van der Waals surface area contributed by atoms with Crippen LogP contribution in [-0.4, -0.2) is 17.6 Å². The number of halogens is 1. The fraction of sp³-hybridized carbons (Fsp3) is 0.214. The van der Waals surface area contributed by atoms with E-state index in [0.717, 1.165) is 0 Å². The molecule has 1 atom stereocenters. The molecule has 0 heterocycles. The summed E-state index contributed by atoms with van der Waals surface area (Å²) in [6, 6.07) is 5.94. The van der Waals surface area contributed by atoms with E-state index in [-0.39, 0.29) is 18.0 Å². The van der Waals surface area contributed by atoms with Crippen LogP contribution >= 0.6 is 0 Å². The molecule has 96 valence electrons. The van der Waals surface area contributed by atoms with E-state index < -0.39 is 11.9 Å². The first kappa shape index (κ1) is 14.1. The van der Waals surface area contributed by atoms with E-state index in [2.05, 4.69) is 5.32 Å². The zero-order valence-electron chi connectivity index (χ0n) is 10.1. The summed E-state index contributed by atoms with van der Waals surface area (Å²) in [5, 5.41) is 12.2. The summed E-state index contributed by atoms with van der Waals surface area (Å²) in [4.78, 5) is 11.3. The van der Waals surface area contributed by atoms with Gasteiger partial charge < -0.3 is 10.4 Å². The van der Waals surface area contributed by atoms with Crippen molar-refractivity contribution in [2.75, 3.05) is 6.54 Å². The van der Waals surface area contributed by atoms with E-state index in [4.69, 9.17) is 0 Å². The van der Waals surface area contributed by atoms with Crippen molar-refractivity contribution in [2.24, 2.45) is 0 Å². The molecule has 0 aliphatic rings. The topological polar surface area (TPSA) is 49.3 Å². The lowest BCUT2D eigenvalue weighted by Gasteiger charge is -2.11. The van der Waals surface area contributed by atoms with Crippen molar-refractivity contribution < 1.29 is 14.3 Å². The second-order valence-electron chi connectivity index (χ2n) is 3.67. The number of aliphatic hydroxyl groups excluding tert-OH is 1. The lowest BCUT2D eigenvalue weighted by Crippen LogP contribution is -2.27. The number of carbonyl (C=O) groups is 1. The van der Waals surface area contributed by atoms with Crippen molar-refractivity contribution in [3.05, 3.63) is 60.0 Å².